The van der Waals surface area contributed by atoms with Gasteiger partial charge in [-0.05, 0) is 68.2 Å². The molecule has 0 aromatic carbocycles. The van der Waals surface area contributed by atoms with Crippen molar-refractivity contribution < 1.29 is 5.11 Å². The minimum atomic E-state index is 0.0421. The summed E-state index contributed by atoms with van der Waals surface area (Å²) in [7, 11) is 0. The van der Waals surface area contributed by atoms with Gasteiger partial charge in [0.15, 0.2) is 0 Å². The third-order valence-electron chi connectivity index (χ3n) is 5.86. The molecule has 4 aliphatic rings. The summed E-state index contributed by atoms with van der Waals surface area (Å²) in [6, 6.07) is 0.825. The Morgan fingerprint density at radius 2 is 1.73 bits per heavy atom. The predicted molar refractivity (Wildman–Crippen MR) is 58.3 cm³/mol. The van der Waals surface area contributed by atoms with Crippen LogP contribution in [0.2, 0.25) is 0 Å². The van der Waals surface area contributed by atoms with Gasteiger partial charge in [-0.2, -0.15) is 0 Å². The molecule has 2 N–H and O–H groups in total. The minimum absolute atomic E-state index is 0.0421. The van der Waals surface area contributed by atoms with Crippen LogP contribution in [-0.2, 0) is 0 Å². The number of aliphatic hydroxyl groups is 1. The highest BCUT2D eigenvalue weighted by Crippen LogP contribution is 2.57. The maximum absolute atomic E-state index is 9.97. The molecule has 4 fully saturated rings. The lowest BCUT2D eigenvalue weighted by Crippen LogP contribution is -2.36. The van der Waals surface area contributed by atoms with E-state index in [-0.39, 0.29) is 6.10 Å². The first-order valence-corrected chi connectivity index (χ1v) is 6.74. The number of nitrogens with one attached hydrogen (secondary N) is 1. The fraction of sp³-hybridized carbons (Fsp3) is 1.00. The highest BCUT2D eigenvalue weighted by atomic mass is 16.3. The second-order valence-corrected chi connectivity index (χ2v) is 6.39. The molecule has 0 spiro atoms. The van der Waals surface area contributed by atoms with Gasteiger partial charge in [-0.15, -0.1) is 0 Å². The second-order valence-electron chi connectivity index (χ2n) is 6.39. The third-order valence-corrected chi connectivity index (χ3v) is 5.86. The van der Waals surface area contributed by atoms with E-state index >= 15 is 0 Å². The lowest BCUT2D eigenvalue weighted by atomic mass is 9.73. The summed E-state index contributed by atoms with van der Waals surface area (Å²) in [6.07, 6.45) is 6.69. The average molecular weight is 207 g/mol. The van der Waals surface area contributed by atoms with Crippen molar-refractivity contribution in [1.82, 2.24) is 5.32 Å². The van der Waals surface area contributed by atoms with Crippen molar-refractivity contribution in [3.05, 3.63) is 0 Å². The first-order chi connectivity index (χ1) is 7.33. The minimum Gasteiger partial charge on any atom is -0.393 e. The van der Waals surface area contributed by atoms with Crippen LogP contribution in [0, 0.1) is 29.6 Å². The zero-order valence-electron chi connectivity index (χ0n) is 9.23. The van der Waals surface area contributed by atoms with Gasteiger partial charge in [-0.25, -0.2) is 0 Å². The standard InChI is InChI=1S/C13H21NO/c15-12-6-8-3-9(12)5-11-10(8)4-7-1-2-14-13(7)11/h7-15H,1-6H2/t7?,8?,9?,10?,11-,12?,13?/m0/s1. The van der Waals surface area contributed by atoms with E-state index in [1.54, 1.807) is 0 Å². The van der Waals surface area contributed by atoms with Gasteiger partial charge in [0, 0.05) is 6.04 Å². The van der Waals surface area contributed by atoms with E-state index in [0.717, 1.165) is 36.1 Å². The largest absolute Gasteiger partial charge is 0.393 e. The monoisotopic (exact) mass is 207 g/mol. The molecule has 3 aliphatic carbocycles. The topological polar surface area (TPSA) is 32.3 Å². The Balaban J connectivity index is 1.63. The van der Waals surface area contributed by atoms with E-state index in [9.17, 15) is 5.11 Å². The van der Waals surface area contributed by atoms with Crippen LogP contribution in [0.15, 0.2) is 0 Å². The molecule has 6 unspecified atom stereocenters. The molecule has 0 amide bonds. The van der Waals surface area contributed by atoms with Crippen molar-refractivity contribution in [2.75, 3.05) is 6.54 Å². The first-order valence-electron chi connectivity index (χ1n) is 6.74. The van der Waals surface area contributed by atoms with Crippen LogP contribution in [0.3, 0.4) is 0 Å². The van der Waals surface area contributed by atoms with E-state index in [4.69, 9.17) is 0 Å². The number of fused-ring (bicyclic) bond motifs is 6. The van der Waals surface area contributed by atoms with Gasteiger partial charge in [0.2, 0.25) is 0 Å². The van der Waals surface area contributed by atoms with Crippen LogP contribution in [0.4, 0.5) is 0 Å². The van der Waals surface area contributed by atoms with Crippen molar-refractivity contribution in [2.45, 2.75) is 44.2 Å². The molecule has 1 heterocycles. The molecular weight excluding hydrogens is 186 g/mol. The average Bonchev–Trinajstić information content (AvgIpc) is 2.83. The molecule has 2 heteroatoms. The number of aliphatic hydroxyl groups excluding tert-OH is 1. The lowest BCUT2D eigenvalue weighted by Gasteiger charge is -2.34. The van der Waals surface area contributed by atoms with Crippen LogP contribution in [-0.4, -0.2) is 23.8 Å². The lowest BCUT2D eigenvalue weighted by molar-refractivity contribution is 0.109. The van der Waals surface area contributed by atoms with Gasteiger partial charge < -0.3 is 10.4 Å². The number of rotatable bonds is 0. The molecule has 84 valence electrons. The Morgan fingerprint density at radius 3 is 2.67 bits per heavy atom. The molecule has 0 aromatic heterocycles. The SMILES string of the molecule is OC1CC2CC1C[C@H]1C2CC2CCNC21. The van der Waals surface area contributed by atoms with Gasteiger partial charge >= 0.3 is 0 Å². The molecular formula is C13H21NO. The van der Waals surface area contributed by atoms with Crippen LogP contribution in [0.25, 0.3) is 0 Å². The van der Waals surface area contributed by atoms with Crippen molar-refractivity contribution >= 4 is 0 Å². The Labute approximate surface area is 91.4 Å². The molecule has 1 saturated heterocycles. The van der Waals surface area contributed by atoms with Crippen LogP contribution in [0.5, 0.6) is 0 Å². The maximum atomic E-state index is 9.97. The van der Waals surface area contributed by atoms with E-state index in [1.165, 1.54) is 32.2 Å². The van der Waals surface area contributed by atoms with Gasteiger partial charge in [0.25, 0.3) is 0 Å². The number of hydrogen-bond acceptors (Lipinski definition) is 2. The Kier molecular flexibility index (Phi) is 1.79. The summed E-state index contributed by atoms with van der Waals surface area (Å²) in [5.41, 5.74) is 0. The summed E-state index contributed by atoms with van der Waals surface area (Å²) in [5.74, 6) is 4.38. The van der Waals surface area contributed by atoms with Crippen LogP contribution < -0.4 is 5.32 Å². The summed E-state index contributed by atoms with van der Waals surface area (Å²) in [4.78, 5) is 0. The zero-order valence-corrected chi connectivity index (χ0v) is 9.23. The Morgan fingerprint density at radius 1 is 0.867 bits per heavy atom. The molecule has 7 atom stereocenters. The Hall–Kier alpha value is -0.0800. The fourth-order valence-electron chi connectivity index (χ4n) is 5.30. The van der Waals surface area contributed by atoms with Gasteiger partial charge in [-0.3, -0.25) is 0 Å². The first kappa shape index (κ1) is 9.00. The van der Waals surface area contributed by atoms with Crippen molar-refractivity contribution in [1.29, 1.82) is 0 Å². The highest BCUT2D eigenvalue weighted by Gasteiger charge is 2.54. The maximum Gasteiger partial charge on any atom is 0.0571 e. The summed E-state index contributed by atoms with van der Waals surface area (Å²) in [6.45, 7) is 1.25. The van der Waals surface area contributed by atoms with Crippen LogP contribution in [0.1, 0.15) is 32.1 Å². The fourth-order valence-corrected chi connectivity index (χ4v) is 5.30. The second kappa shape index (κ2) is 2.98. The Bertz CT molecular complexity index is 278. The summed E-state index contributed by atoms with van der Waals surface area (Å²) < 4.78 is 0. The van der Waals surface area contributed by atoms with Gasteiger partial charge in [0.05, 0.1) is 6.10 Å². The van der Waals surface area contributed by atoms with Crippen molar-refractivity contribution in [3.8, 4) is 0 Å². The summed E-state index contributed by atoms with van der Waals surface area (Å²) >= 11 is 0. The zero-order chi connectivity index (χ0) is 9.99. The van der Waals surface area contributed by atoms with E-state index < -0.39 is 0 Å². The predicted octanol–water partition coefficient (Wildman–Crippen LogP) is 1.39. The highest BCUT2D eigenvalue weighted by molar-refractivity contribution is 5.07. The molecule has 1 aliphatic heterocycles. The third kappa shape index (κ3) is 1.13. The summed E-state index contributed by atoms with van der Waals surface area (Å²) in [5, 5.41) is 13.7. The van der Waals surface area contributed by atoms with Crippen molar-refractivity contribution in [2.24, 2.45) is 29.6 Å². The molecule has 4 rings (SSSR count). The molecule has 3 saturated carbocycles. The van der Waals surface area contributed by atoms with Crippen molar-refractivity contribution in [3.63, 3.8) is 0 Å². The van der Waals surface area contributed by atoms with Gasteiger partial charge in [-0.1, -0.05) is 0 Å². The molecule has 15 heavy (non-hydrogen) atoms. The van der Waals surface area contributed by atoms with Crippen LogP contribution >= 0.6 is 0 Å². The van der Waals surface area contributed by atoms with E-state index in [0.29, 0.717) is 5.92 Å². The molecule has 0 radical (unpaired) electrons. The molecule has 2 nitrogen and oxygen atoms in total. The normalized spacial score (nSPS) is 61.8. The van der Waals surface area contributed by atoms with E-state index in [1.807, 2.05) is 0 Å². The molecule has 2 bridgehead atoms. The number of hydrogen-bond donors (Lipinski definition) is 2. The molecule has 0 aromatic rings. The smallest absolute Gasteiger partial charge is 0.0571 e. The van der Waals surface area contributed by atoms with Gasteiger partial charge in [0.1, 0.15) is 0 Å². The quantitative estimate of drug-likeness (QED) is 0.629. The van der Waals surface area contributed by atoms with E-state index in [2.05, 4.69) is 5.32 Å².